The first-order valence-electron chi connectivity index (χ1n) is 11.3. The third-order valence-electron chi connectivity index (χ3n) is 6.57. The molecule has 0 atom stereocenters. The topological polar surface area (TPSA) is 67.7 Å². The Morgan fingerprint density at radius 2 is 1.77 bits per heavy atom. The molecular weight excluding hydrogens is 392 g/mol. The molecule has 0 saturated carbocycles. The van der Waals surface area contributed by atoms with E-state index in [4.69, 9.17) is 4.74 Å². The van der Waals surface area contributed by atoms with E-state index in [1.165, 1.54) is 4.68 Å². The summed E-state index contributed by atoms with van der Waals surface area (Å²) in [6.07, 6.45) is 5.48. The van der Waals surface area contributed by atoms with Crippen LogP contribution >= 0.6 is 0 Å². The molecule has 2 fully saturated rings. The molecular formula is C24H32N4O3. The van der Waals surface area contributed by atoms with Crippen LogP contribution in [0, 0.1) is 11.8 Å². The summed E-state index contributed by atoms with van der Waals surface area (Å²) < 4.78 is 6.74. The number of likely N-dealkylation sites (tertiary alicyclic amines) is 1. The molecule has 0 N–H and O–H groups in total. The second kappa shape index (κ2) is 10.1. The number of carbonyl (C=O) groups excluding carboxylic acids is 1. The number of amides is 1. The fourth-order valence-electron chi connectivity index (χ4n) is 4.67. The van der Waals surface area contributed by atoms with Crippen molar-refractivity contribution in [3.05, 3.63) is 58.5 Å². The van der Waals surface area contributed by atoms with Crippen molar-refractivity contribution in [3.63, 3.8) is 0 Å². The number of piperidine rings is 2. The minimum atomic E-state index is -0.0986. The highest BCUT2D eigenvalue weighted by Gasteiger charge is 2.31. The molecule has 0 aliphatic carbocycles. The van der Waals surface area contributed by atoms with Crippen LogP contribution in [0.2, 0.25) is 0 Å². The van der Waals surface area contributed by atoms with E-state index in [0.717, 1.165) is 69.7 Å². The zero-order valence-corrected chi connectivity index (χ0v) is 18.3. The molecule has 2 aliphatic heterocycles. The number of hydrogen-bond acceptors (Lipinski definition) is 5. The summed E-state index contributed by atoms with van der Waals surface area (Å²) in [6, 6.07) is 11.5. The van der Waals surface area contributed by atoms with Gasteiger partial charge in [0.25, 0.3) is 5.56 Å². The van der Waals surface area contributed by atoms with Gasteiger partial charge in [-0.15, -0.1) is 0 Å². The highest BCUT2D eigenvalue weighted by Crippen LogP contribution is 2.26. The second-order valence-electron chi connectivity index (χ2n) is 8.68. The lowest BCUT2D eigenvalue weighted by Crippen LogP contribution is -2.46. The smallest absolute Gasteiger partial charge is 0.269 e. The van der Waals surface area contributed by atoms with Gasteiger partial charge >= 0.3 is 0 Å². The molecule has 1 aromatic carbocycles. The molecule has 0 bridgehead atoms. The van der Waals surface area contributed by atoms with Crippen LogP contribution in [0.4, 0.5) is 5.69 Å². The maximum Gasteiger partial charge on any atom is 0.269 e. The number of ether oxygens (including phenoxy) is 1. The summed E-state index contributed by atoms with van der Waals surface area (Å²) in [6.45, 7) is 4.50. The van der Waals surface area contributed by atoms with Gasteiger partial charge in [0, 0.05) is 51.9 Å². The number of methoxy groups -OCH3 is 1. The third-order valence-corrected chi connectivity index (χ3v) is 6.57. The summed E-state index contributed by atoms with van der Waals surface area (Å²) in [4.78, 5) is 29.7. The van der Waals surface area contributed by atoms with Crippen molar-refractivity contribution in [2.24, 2.45) is 11.8 Å². The molecule has 166 valence electrons. The SMILES string of the molecule is COCC1CCN(C(=O)C2CCN(c3cnn(Cc4ccccc4)c(=O)c3)CC2)CC1. The Balaban J connectivity index is 1.30. The predicted molar refractivity (Wildman–Crippen MR) is 120 cm³/mol. The van der Waals surface area contributed by atoms with Gasteiger partial charge in [0.15, 0.2) is 0 Å². The molecule has 2 saturated heterocycles. The van der Waals surface area contributed by atoms with Crippen molar-refractivity contribution in [1.29, 1.82) is 0 Å². The van der Waals surface area contributed by atoms with Crippen molar-refractivity contribution in [3.8, 4) is 0 Å². The standard InChI is InChI=1S/C24H32N4O3/c1-31-18-20-7-11-27(12-8-20)24(30)21-9-13-26(14-10-21)22-15-23(29)28(25-16-22)17-19-5-3-2-4-6-19/h2-6,15-16,20-21H,7-14,17-18H2,1H3. The molecule has 2 aromatic rings. The Bertz CT molecular complexity index is 914. The summed E-state index contributed by atoms with van der Waals surface area (Å²) in [5.74, 6) is 0.959. The van der Waals surface area contributed by atoms with E-state index < -0.39 is 0 Å². The average Bonchev–Trinajstić information content (AvgIpc) is 2.81. The normalized spacial score (nSPS) is 18.4. The van der Waals surface area contributed by atoms with Crippen LogP contribution in [0.3, 0.4) is 0 Å². The first kappa shape index (κ1) is 21.6. The molecule has 0 radical (unpaired) electrons. The molecule has 31 heavy (non-hydrogen) atoms. The van der Waals surface area contributed by atoms with Gasteiger partial charge < -0.3 is 14.5 Å². The average molecular weight is 425 g/mol. The zero-order chi connectivity index (χ0) is 21.6. The van der Waals surface area contributed by atoms with Crippen molar-refractivity contribution in [2.75, 3.05) is 44.8 Å². The highest BCUT2D eigenvalue weighted by atomic mass is 16.5. The third kappa shape index (κ3) is 5.34. The van der Waals surface area contributed by atoms with Crippen LogP contribution < -0.4 is 10.5 Å². The van der Waals surface area contributed by atoms with E-state index in [0.29, 0.717) is 18.4 Å². The lowest BCUT2D eigenvalue weighted by molar-refractivity contribution is -0.137. The van der Waals surface area contributed by atoms with Gasteiger partial charge in [-0.1, -0.05) is 30.3 Å². The first-order valence-corrected chi connectivity index (χ1v) is 11.3. The van der Waals surface area contributed by atoms with E-state index in [2.05, 4.69) is 10.00 Å². The lowest BCUT2D eigenvalue weighted by Gasteiger charge is -2.37. The van der Waals surface area contributed by atoms with Crippen molar-refractivity contribution >= 4 is 11.6 Å². The van der Waals surface area contributed by atoms with E-state index >= 15 is 0 Å². The number of carbonyl (C=O) groups is 1. The van der Waals surface area contributed by atoms with Crippen LogP contribution in [-0.2, 0) is 16.1 Å². The summed E-state index contributed by atoms with van der Waals surface area (Å²) in [5, 5.41) is 4.38. The van der Waals surface area contributed by atoms with E-state index in [1.807, 2.05) is 35.2 Å². The molecule has 0 unspecified atom stereocenters. The largest absolute Gasteiger partial charge is 0.384 e. The van der Waals surface area contributed by atoms with Crippen LogP contribution in [0.1, 0.15) is 31.2 Å². The number of rotatable bonds is 6. The Hall–Kier alpha value is -2.67. The quantitative estimate of drug-likeness (QED) is 0.712. The van der Waals surface area contributed by atoms with Gasteiger partial charge in [-0.3, -0.25) is 9.59 Å². The predicted octanol–water partition coefficient (Wildman–Crippen LogP) is 2.39. The second-order valence-corrected chi connectivity index (χ2v) is 8.68. The fourth-order valence-corrected chi connectivity index (χ4v) is 4.67. The van der Waals surface area contributed by atoms with Gasteiger partial charge in [-0.25, -0.2) is 4.68 Å². The first-order chi connectivity index (χ1) is 15.1. The minimum Gasteiger partial charge on any atom is -0.384 e. The van der Waals surface area contributed by atoms with Crippen molar-refractivity contribution < 1.29 is 9.53 Å². The molecule has 7 heteroatoms. The van der Waals surface area contributed by atoms with Gasteiger partial charge in [0.1, 0.15) is 0 Å². The van der Waals surface area contributed by atoms with Gasteiger partial charge in [-0.05, 0) is 37.2 Å². The van der Waals surface area contributed by atoms with Crippen LogP contribution in [0.5, 0.6) is 0 Å². The Morgan fingerprint density at radius 3 is 2.42 bits per heavy atom. The fraction of sp³-hybridized carbons (Fsp3) is 0.542. The molecule has 0 spiro atoms. The van der Waals surface area contributed by atoms with E-state index in [-0.39, 0.29) is 11.5 Å². The van der Waals surface area contributed by atoms with Crippen LogP contribution in [0.15, 0.2) is 47.4 Å². The number of anilines is 1. The minimum absolute atomic E-state index is 0.0848. The maximum absolute atomic E-state index is 12.9. The summed E-state index contributed by atoms with van der Waals surface area (Å²) >= 11 is 0. The van der Waals surface area contributed by atoms with Gasteiger partial charge in [0.2, 0.25) is 5.91 Å². The Labute approximate surface area is 183 Å². The summed E-state index contributed by atoms with van der Waals surface area (Å²) in [7, 11) is 1.74. The Morgan fingerprint density at radius 1 is 1.06 bits per heavy atom. The number of nitrogens with zero attached hydrogens (tertiary/aromatic N) is 4. The van der Waals surface area contributed by atoms with Crippen LogP contribution in [-0.4, -0.2) is 60.5 Å². The number of benzene rings is 1. The molecule has 2 aliphatic rings. The summed E-state index contributed by atoms with van der Waals surface area (Å²) in [5.41, 5.74) is 1.80. The monoisotopic (exact) mass is 424 g/mol. The number of aromatic nitrogens is 2. The van der Waals surface area contributed by atoms with Crippen molar-refractivity contribution in [1.82, 2.24) is 14.7 Å². The van der Waals surface area contributed by atoms with Crippen LogP contribution in [0.25, 0.3) is 0 Å². The Kier molecular flexibility index (Phi) is 7.02. The van der Waals surface area contributed by atoms with Crippen molar-refractivity contribution in [2.45, 2.75) is 32.2 Å². The molecule has 1 aromatic heterocycles. The van der Waals surface area contributed by atoms with Gasteiger partial charge in [-0.2, -0.15) is 5.10 Å². The van der Waals surface area contributed by atoms with E-state index in [1.54, 1.807) is 19.4 Å². The highest BCUT2D eigenvalue weighted by molar-refractivity contribution is 5.79. The molecule has 3 heterocycles. The zero-order valence-electron chi connectivity index (χ0n) is 18.3. The number of hydrogen-bond donors (Lipinski definition) is 0. The molecule has 1 amide bonds. The lowest BCUT2D eigenvalue weighted by atomic mass is 9.92. The molecule has 4 rings (SSSR count). The molecule has 7 nitrogen and oxygen atoms in total. The van der Waals surface area contributed by atoms with Gasteiger partial charge in [0.05, 0.1) is 18.4 Å². The van der Waals surface area contributed by atoms with E-state index in [9.17, 15) is 9.59 Å². The maximum atomic E-state index is 12.9.